The van der Waals surface area contributed by atoms with Gasteiger partial charge >= 0.3 is 5.97 Å². The third-order valence-electron chi connectivity index (χ3n) is 7.25. The molecule has 0 bridgehead atoms. The van der Waals surface area contributed by atoms with Crippen LogP contribution in [0.4, 0.5) is 5.69 Å². The number of hydrogen-bond donors (Lipinski definition) is 2. The summed E-state index contributed by atoms with van der Waals surface area (Å²) in [6.45, 7) is 1.06. The predicted octanol–water partition coefficient (Wildman–Crippen LogP) is 5.14. The number of aromatic carboxylic acids is 1. The van der Waals surface area contributed by atoms with Crippen LogP contribution in [-0.2, 0) is 14.4 Å². The van der Waals surface area contributed by atoms with Crippen LogP contribution in [0, 0.1) is 0 Å². The highest BCUT2D eigenvalue weighted by atomic mass is 35.5. The number of nitrogens with one attached hydrogen (secondary N) is 1. The van der Waals surface area contributed by atoms with Crippen LogP contribution >= 0.6 is 11.6 Å². The number of hydrogen-bond acceptors (Lipinski definition) is 7. The van der Waals surface area contributed by atoms with Gasteiger partial charge in [0.05, 0.1) is 30.7 Å². The summed E-state index contributed by atoms with van der Waals surface area (Å²) in [4.78, 5) is 43.8. The smallest absolute Gasteiger partial charge is 0.335 e. The second-order valence-corrected chi connectivity index (χ2v) is 10.4. The van der Waals surface area contributed by atoms with E-state index in [2.05, 4.69) is 10.5 Å². The summed E-state index contributed by atoms with van der Waals surface area (Å²) in [6.07, 6.45) is 4.92. The number of ether oxygens (including phenoxy) is 2. The fourth-order valence-corrected chi connectivity index (χ4v) is 5.31. The molecule has 10 nitrogen and oxygen atoms in total. The van der Waals surface area contributed by atoms with Gasteiger partial charge in [0.2, 0.25) is 5.91 Å². The summed E-state index contributed by atoms with van der Waals surface area (Å²) in [7, 11) is 1.50. The lowest BCUT2D eigenvalue weighted by atomic mass is 9.95. The Kier molecular flexibility index (Phi) is 8.70. The van der Waals surface area contributed by atoms with Crippen LogP contribution < -0.4 is 15.6 Å². The van der Waals surface area contributed by atoms with Crippen LogP contribution in [-0.4, -0.2) is 53.7 Å². The molecule has 2 aliphatic heterocycles. The van der Waals surface area contributed by atoms with E-state index in [1.54, 1.807) is 12.1 Å². The summed E-state index contributed by atoms with van der Waals surface area (Å²) in [5, 5.41) is 16.6. The first-order valence-corrected chi connectivity index (χ1v) is 13.8. The van der Waals surface area contributed by atoms with Crippen molar-refractivity contribution in [1.82, 2.24) is 4.57 Å². The number of benzene rings is 2. The molecule has 0 aliphatic carbocycles. The van der Waals surface area contributed by atoms with Crippen molar-refractivity contribution < 1.29 is 29.0 Å². The highest BCUT2D eigenvalue weighted by molar-refractivity contribution is 6.31. The number of amides is 1. The molecule has 0 saturated carbocycles. The average molecular weight is 580 g/mol. The SMILES string of the molecule is COc1cn(C(C[C@@H]2CCCCO2)C(=O)Nc2ccc(C(=O)O)cc2)c(=O)cc1-c1cc(Cl)ccc1C1=NOCC1. The van der Waals surface area contributed by atoms with Gasteiger partial charge in [-0.1, -0.05) is 22.8 Å². The van der Waals surface area contributed by atoms with Crippen LogP contribution in [0.2, 0.25) is 5.02 Å². The number of carboxylic acids is 1. The molecule has 1 unspecified atom stereocenters. The van der Waals surface area contributed by atoms with E-state index in [1.807, 2.05) is 6.07 Å². The van der Waals surface area contributed by atoms with E-state index in [-0.39, 0.29) is 18.1 Å². The Balaban J connectivity index is 1.53. The van der Waals surface area contributed by atoms with Crippen LogP contribution in [0.15, 0.2) is 64.7 Å². The summed E-state index contributed by atoms with van der Waals surface area (Å²) < 4.78 is 13.0. The van der Waals surface area contributed by atoms with E-state index >= 15 is 0 Å². The van der Waals surface area contributed by atoms with Crippen molar-refractivity contribution in [3.63, 3.8) is 0 Å². The minimum Gasteiger partial charge on any atom is -0.495 e. The van der Waals surface area contributed by atoms with E-state index in [0.717, 1.165) is 30.5 Å². The Bertz CT molecular complexity index is 1530. The van der Waals surface area contributed by atoms with E-state index in [1.165, 1.54) is 48.2 Å². The van der Waals surface area contributed by atoms with E-state index in [0.29, 0.717) is 47.2 Å². The zero-order valence-corrected chi connectivity index (χ0v) is 23.2. The Labute approximate surface area is 241 Å². The minimum absolute atomic E-state index is 0.0993. The number of carbonyl (C=O) groups is 2. The van der Waals surface area contributed by atoms with Gasteiger partial charge in [-0.2, -0.15) is 0 Å². The Morgan fingerprint density at radius 3 is 2.59 bits per heavy atom. The van der Waals surface area contributed by atoms with Gasteiger partial charge < -0.3 is 24.7 Å². The number of carbonyl (C=O) groups excluding carboxylic acids is 1. The summed E-state index contributed by atoms with van der Waals surface area (Å²) in [6, 6.07) is 11.7. The average Bonchev–Trinajstić information content (AvgIpc) is 3.51. The molecule has 2 aliphatic rings. The summed E-state index contributed by atoms with van der Waals surface area (Å²) in [5.41, 5.74) is 2.79. The van der Waals surface area contributed by atoms with Gasteiger partial charge in [0.25, 0.3) is 5.56 Å². The number of carboxylic acid groups (broad SMARTS) is 1. The zero-order valence-electron chi connectivity index (χ0n) is 22.5. The highest BCUT2D eigenvalue weighted by Gasteiger charge is 2.29. The Morgan fingerprint density at radius 2 is 1.93 bits per heavy atom. The number of aromatic nitrogens is 1. The van der Waals surface area contributed by atoms with Crippen molar-refractivity contribution in [2.45, 2.75) is 44.2 Å². The Hall–Kier alpha value is -4.15. The summed E-state index contributed by atoms with van der Waals surface area (Å²) in [5.74, 6) is -1.12. The minimum atomic E-state index is -1.07. The van der Waals surface area contributed by atoms with Gasteiger partial charge in [-0.05, 0) is 61.2 Å². The molecule has 1 aromatic heterocycles. The molecule has 2 atom stereocenters. The topological polar surface area (TPSA) is 128 Å². The van der Waals surface area contributed by atoms with Crippen LogP contribution in [0.25, 0.3) is 11.1 Å². The molecule has 214 valence electrons. The third kappa shape index (κ3) is 6.44. The summed E-state index contributed by atoms with van der Waals surface area (Å²) >= 11 is 6.35. The first kappa shape index (κ1) is 28.4. The van der Waals surface area contributed by atoms with Crippen molar-refractivity contribution in [2.24, 2.45) is 5.16 Å². The standard InChI is InChI=1S/C30H30ClN3O7/c1-39-27-17-34(28(35)16-24(27)23-14-19(31)7-10-22(23)25-11-13-41-33-25)26(15-21-4-2-3-12-40-21)29(36)32-20-8-5-18(6-9-20)30(37)38/h5-10,14,16-17,21,26H,2-4,11-13,15H2,1H3,(H,32,36)(H,37,38)/t21-,26?/m0/s1. The molecule has 2 aromatic carbocycles. The van der Waals surface area contributed by atoms with Crippen molar-refractivity contribution >= 4 is 34.9 Å². The third-order valence-corrected chi connectivity index (χ3v) is 7.48. The van der Waals surface area contributed by atoms with Crippen LogP contribution in [0.3, 0.4) is 0 Å². The number of halogens is 1. The van der Waals surface area contributed by atoms with E-state index < -0.39 is 23.5 Å². The van der Waals surface area contributed by atoms with Gasteiger partial charge in [-0.15, -0.1) is 0 Å². The fourth-order valence-electron chi connectivity index (χ4n) is 5.14. The first-order valence-electron chi connectivity index (χ1n) is 13.4. The molecule has 1 fully saturated rings. The predicted molar refractivity (Wildman–Crippen MR) is 154 cm³/mol. The number of nitrogens with zero attached hydrogens (tertiary/aromatic N) is 2. The van der Waals surface area contributed by atoms with E-state index in [4.69, 9.17) is 25.9 Å². The molecular weight excluding hydrogens is 550 g/mol. The molecular formula is C30H30ClN3O7. The Morgan fingerprint density at radius 1 is 1.12 bits per heavy atom. The molecule has 1 amide bonds. The maximum Gasteiger partial charge on any atom is 0.335 e. The molecule has 41 heavy (non-hydrogen) atoms. The molecule has 5 rings (SSSR count). The van der Waals surface area contributed by atoms with Crippen molar-refractivity contribution in [3.05, 3.63) is 81.2 Å². The maximum atomic E-state index is 13.7. The van der Waals surface area contributed by atoms with Crippen molar-refractivity contribution in [3.8, 4) is 16.9 Å². The molecule has 11 heteroatoms. The molecule has 0 radical (unpaired) electrons. The fraction of sp³-hybridized carbons (Fsp3) is 0.333. The lowest BCUT2D eigenvalue weighted by Gasteiger charge is -2.28. The van der Waals surface area contributed by atoms with Crippen molar-refractivity contribution in [2.75, 3.05) is 25.6 Å². The molecule has 1 saturated heterocycles. The monoisotopic (exact) mass is 579 g/mol. The first-order chi connectivity index (χ1) is 19.8. The molecule has 2 N–H and O–H groups in total. The van der Waals surface area contributed by atoms with Gasteiger partial charge in [-0.25, -0.2) is 4.79 Å². The molecule has 3 heterocycles. The normalized spacial score (nSPS) is 17.3. The van der Waals surface area contributed by atoms with Crippen molar-refractivity contribution in [1.29, 1.82) is 0 Å². The highest BCUT2D eigenvalue weighted by Crippen LogP contribution is 2.35. The van der Waals surface area contributed by atoms with Gasteiger partial charge in [-0.3, -0.25) is 14.2 Å². The molecule has 0 spiro atoms. The molecule has 3 aromatic rings. The van der Waals surface area contributed by atoms with Crippen LogP contribution in [0.5, 0.6) is 5.75 Å². The van der Waals surface area contributed by atoms with Gasteiger partial charge in [0, 0.05) is 47.4 Å². The number of oxime groups is 1. The number of rotatable bonds is 9. The number of methoxy groups -OCH3 is 1. The number of anilines is 1. The van der Waals surface area contributed by atoms with Gasteiger partial charge in [0.1, 0.15) is 18.4 Å². The zero-order chi connectivity index (χ0) is 28.9. The maximum absolute atomic E-state index is 13.7. The van der Waals surface area contributed by atoms with Gasteiger partial charge in [0.15, 0.2) is 0 Å². The second-order valence-electron chi connectivity index (χ2n) is 9.92. The van der Waals surface area contributed by atoms with Crippen LogP contribution in [0.1, 0.15) is 54.1 Å². The second kappa shape index (κ2) is 12.6. The lowest BCUT2D eigenvalue weighted by molar-refractivity contribution is -0.121. The quantitative estimate of drug-likeness (QED) is 0.359. The largest absolute Gasteiger partial charge is 0.495 e. The van der Waals surface area contributed by atoms with E-state index in [9.17, 15) is 19.5 Å². The number of pyridine rings is 1. The lowest BCUT2D eigenvalue weighted by Crippen LogP contribution is -2.36.